The van der Waals surface area contributed by atoms with Crippen LogP contribution in [0.3, 0.4) is 0 Å². The standard InChI is InChI=1S/C17H22N4O/c1-2-7-15-14(6-1)20-16(19-12-8-9-12)17(21-15)22-11-13-5-3-4-10-18-13/h1-2,6-7,12-13,18H,3-5,8-11H2,(H,19,20)/t13-/m1/s1. The van der Waals surface area contributed by atoms with Crippen LogP contribution in [0.4, 0.5) is 5.82 Å². The molecule has 0 radical (unpaired) electrons. The minimum atomic E-state index is 0.427. The summed E-state index contributed by atoms with van der Waals surface area (Å²) >= 11 is 0. The number of nitrogens with zero attached hydrogens (tertiary/aromatic N) is 2. The quantitative estimate of drug-likeness (QED) is 0.889. The number of ether oxygens (including phenoxy) is 1. The van der Waals surface area contributed by atoms with E-state index in [1.165, 1.54) is 32.1 Å². The average molecular weight is 298 g/mol. The van der Waals surface area contributed by atoms with Crippen molar-refractivity contribution in [1.82, 2.24) is 15.3 Å². The topological polar surface area (TPSA) is 59.1 Å². The molecular weight excluding hydrogens is 276 g/mol. The van der Waals surface area contributed by atoms with E-state index in [1.54, 1.807) is 0 Å². The number of nitrogens with one attached hydrogen (secondary N) is 2. The molecule has 2 heterocycles. The summed E-state index contributed by atoms with van der Waals surface area (Å²) in [7, 11) is 0. The Hall–Kier alpha value is -1.88. The summed E-state index contributed by atoms with van der Waals surface area (Å²) in [5.41, 5.74) is 1.80. The van der Waals surface area contributed by atoms with Gasteiger partial charge in [0.25, 0.3) is 5.88 Å². The number of anilines is 1. The van der Waals surface area contributed by atoms with Crippen molar-refractivity contribution in [2.75, 3.05) is 18.5 Å². The summed E-state index contributed by atoms with van der Waals surface area (Å²) in [5.74, 6) is 1.43. The van der Waals surface area contributed by atoms with Crippen LogP contribution in [0.2, 0.25) is 0 Å². The predicted molar refractivity (Wildman–Crippen MR) is 87.3 cm³/mol. The lowest BCUT2D eigenvalue weighted by Crippen LogP contribution is -2.38. The molecule has 0 unspecified atom stereocenters. The number of hydrogen-bond donors (Lipinski definition) is 2. The Kier molecular flexibility index (Phi) is 3.81. The number of benzene rings is 1. The molecule has 1 aromatic carbocycles. The Morgan fingerprint density at radius 2 is 1.91 bits per heavy atom. The van der Waals surface area contributed by atoms with Gasteiger partial charge in [0.05, 0.1) is 11.0 Å². The van der Waals surface area contributed by atoms with Crippen LogP contribution < -0.4 is 15.4 Å². The maximum atomic E-state index is 6.01. The zero-order valence-corrected chi connectivity index (χ0v) is 12.7. The summed E-state index contributed by atoms with van der Waals surface area (Å²) in [5, 5.41) is 6.95. The van der Waals surface area contributed by atoms with Crippen LogP contribution in [0.5, 0.6) is 5.88 Å². The van der Waals surface area contributed by atoms with Gasteiger partial charge in [0.15, 0.2) is 5.82 Å². The SMILES string of the molecule is c1ccc2nc(OC[C@H]3CCCCN3)c(NC3CC3)nc2c1. The van der Waals surface area contributed by atoms with Crippen molar-refractivity contribution in [2.45, 2.75) is 44.2 Å². The number of piperidine rings is 1. The van der Waals surface area contributed by atoms with Gasteiger partial charge in [-0.2, -0.15) is 0 Å². The molecule has 1 aromatic heterocycles. The lowest BCUT2D eigenvalue weighted by Gasteiger charge is -2.23. The molecule has 1 atom stereocenters. The smallest absolute Gasteiger partial charge is 0.258 e. The van der Waals surface area contributed by atoms with E-state index in [1.807, 2.05) is 24.3 Å². The molecule has 1 aliphatic carbocycles. The van der Waals surface area contributed by atoms with Gasteiger partial charge in [-0.3, -0.25) is 0 Å². The van der Waals surface area contributed by atoms with Crippen LogP contribution in [0.1, 0.15) is 32.1 Å². The maximum Gasteiger partial charge on any atom is 0.258 e. The van der Waals surface area contributed by atoms with Gasteiger partial charge < -0.3 is 15.4 Å². The van der Waals surface area contributed by atoms with Gasteiger partial charge in [0, 0.05) is 12.1 Å². The fourth-order valence-electron chi connectivity index (χ4n) is 2.85. The molecule has 5 nitrogen and oxygen atoms in total. The lowest BCUT2D eigenvalue weighted by molar-refractivity contribution is 0.233. The van der Waals surface area contributed by atoms with Crippen molar-refractivity contribution in [3.05, 3.63) is 24.3 Å². The van der Waals surface area contributed by atoms with Gasteiger partial charge in [-0.05, 0) is 44.4 Å². The van der Waals surface area contributed by atoms with Crippen molar-refractivity contribution >= 4 is 16.9 Å². The molecule has 2 aromatic rings. The highest BCUT2D eigenvalue weighted by Gasteiger charge is 2.24. The Morgan fingerprint density at radius 1 is 1.09 bits per heavy atom. The molecule has 2 fully saturated rings. The van der Waals surface area contributed by atoms with Crippen LogP contribution in [0, 0.1) is 0 Å². The first-order valence-corrected chi connectivity index (χ1v) is 8.28. The molecule has 5 heteroatoms. The van der Waals surface area contributed by atoms with Gasteiger partial charge >= 0.3 is 0 Å². The van der Waals surface area contributed by atoms with E-state index in [0.29, 0.717) is 24.6 Å². The molecule has 0 spiro atoms. The Balaban J connectivity index is 1.55. The number of para-hydroxylation sites is 2. The normalized spacial score (nSPS) is 21.7. The highest BCUT2D eigenvalue weighted by atomic mass is 16.5. The largest absolute Gasteiger partial charge is 0.473 e. The first-order chi connectivity index (χ1) is 10.9. The van der Waals surface area contributed by atoms with Crippen molar-refractivity contribution < 1.29 is 4.74 Å². The van der Waals surface area contributed by atoms with Crippen molar-refractivity contribution in [3.63, 3.8) is 0 Å². The second-order valence-electron chi connectivity index (χ2n) is 6.24. The summed E-state index contributed by atoms with van der Waals surface area (Å²) in [4.78, 5) is 9.37. The third-order valence-electron chi connectivity index (χ3n) is 4.29. The van der Waals surface area contributed by atoms with Gasteiger partial charge in [0.2, 0.25) is 0 Å². The Bertz CT molecular complexity index is 650. The molecular formula is C17H22N4O. The number of rotatable bonds is 5. The molecule has 0 bridgehead atoms. The Labute approximate surface area is 130 Å². The van der Waals surface area contributed by atoms with E-state index in [9.17, 15) is 0 Å². The monoisotopic (exact) mass is 298 g/mol. The third kappa shape index (κ3) is 3.14. The first kappa shape index (κ1) is 13.8. The van der Waals surface area contributed by atoms with Crippen molar-refractivity contribution in [2.24, 2.45) is 0 Å². The van der Waals surface area contributed by atoms with Crippen LogP contribution in [0.15, 0.2) is 24.3 Å². The summed E-state index contributed by atoms with van der Waals surface area (Å²) < 4.78 is 6.01. The van der Waals surface area contributed by atoms with Crippen molar-refractivity contribution in [3.8, 4) is 5.88 Å². The second-order valence-corrected chi connectivity index (χ2v) is 6.24. The van der Waals surface area contributed by atoms with E-state index < -0.39 is 0 Å². The summed E-state index contributed by atoms with van der Waals surface area (Å²) in [6.07, 6.45) is 6.13. The molecule has 1 saturated carbocycles. The minimum Gasteiger partial charge on any atom is -0.473 e. The molecule has 1 saturated heterocycles. The molecule has 22 heavy (non-hydrogen) atoms. The predicted octanol–water partition coefficient (Wildman–Crippen LogP) is 2.73. The molecule has 4 rings (SSSR count). The average Bonchev–Trinajstić information content (AvgIpc) is 3.38. The molecule has 116 valence electrons. The van der Waals surface area contributed by atoms with Crippen molar-refractivity contribution in [1.29, 1.82) is 0 Å². The zero-order chi connectivity index (χ0) is 14.8. The number of hydrogen-bond acceptors (Lipinski definition) is 5. The molecule has 0 amide bonds. The van der Waals surface area contributed by atoms with Crippen LogP contribution >= 0.6 is 0 Å². The van der Waals surface area contributed by atoms with E-state index in [-0.39, 0.29) is 0 Å². The number of aromatic nitrogens is 2. The molecule has 1 aliphatic heterocycles. The third-order valence-corrected chi connectivity index (χ3v) is 4.29. The lowest BCUT2D eigenvalue weighted by atomic mass is 10.1. The van der Waals surface area contributed by atoms with E-state index in [0.717, 1.165) is 23.4 Å². The highest BCUT2D eigenvalue weighted by Crippen LogP contribution is 2.30. The second kappa shape index (κ2) is 6.08. The van der Waals surface area contributed by atoms with Gasteiger partial charge in [0.1, 0.15) is 6.61 Å². The fourth-order valence-corrected chi connectivity index (χ4v) is 2.85. The minimum absolute atomic E-state index is 0.427. The highest BCUT2D eigenvalue weighted by molar-refractivity contribution is 5.77. The zero-order valence-electron chi connectivity index (χ0n) is 12.7. The fraction of sp³-hybridized carbons (Fsp3) is 0.529. The molecule has 2 aliphatic rings. The van der Waals surface area contributed by atoms with Gasteiger partial charge in [-0.25, -0.2) is 9.97 Å². The first-order valence-electron chi connectivity index (χ1n) is 8.28. The summed E-state index contributed by atoms with van der Waals surface area (Å²) in [6.45, 7) is 1.75. The van der Waals surface area contributed by atoms with E-state index in [4.69, 9.17) is 9.72 Å². The molecule has 2 N–H and O–H groups in total. The Morgan fingerprint density at radius 3 is 2.64 bits per heavy atom. The van der Waals surface area contributed by atoms with Crippen LogP contribution in [-0.2, 0) is 0 Å². The maximum absolute atomic E-state index is 6.01. The van der Waals surface area contributed by atoms with Gasteiger partial charge in [-0.15, -0.1) is 0 Å². The van der Waals surface area contributed by atoms with E-state index >= 15 is 0 Å². The van der Waals surface area contributed by atoms with Gasteiger partial charge in [-0.1, -0.05) is 18.6 Å². The van der Waals surface area contributed by atoms with Crippen LogP contribution in [-0.4, -0.2) is 35.2 Å². The van der Waals surface area contributed by atoms with Crippen LogP contribution in [0.25, 0.3) is 11.0 Å². The summed E-state index contributed by atoms with van der Waals surface area (Å²) in [6, 6.07) is 8.91. The number of fused-ring (bicyclic) bond motifs is 1. The van der Waals surface area contributed by atoms with E-state index in [2.05, 4.69) is 15.6 Å².